The number of carboxylic acid groups (broad SMARTS) is 1. The maximum atomic E-state index is 12.4. The van der Waals surface area contributed by atoms with Gasteiger partial charge in [0.25, 0.3) is 11.6 Å². The SMILES string of the molecule is COc1cc([N+](=O)[O-])ccc1/C=C1\SC(=S)N(CCCC(=O)O)C1=O. The molecule has 0 bridgehead atoms. The number of carboxylic acids is 1. The summed E-state index contributed by atoms with van der Waals surface area (Å²) < 4.78 is 5.49. The minimum Gasteiger partial charge on any atom is -0.496 e. The number of nitro groups is 1. The van der Waals surface area contributed by atoms with Gasteiger partial charge in [-0.15, -0.1) is 0 Å². The summed E-state index contributed by atoms with van der Waals surface area (Å²) in [5, 5.41) is 19.5. The fourth-order valence-electron chi connectivity index (χ4n) is 2.16. The summed E-state index contributed by atoms with van der Waals surface area (Å²) in [6, 6.07) is 4.09. The second kappa shape index (κ2) is 8.08. The zero-order valence-corrected chi connectivity index (χ0v) is 14.8. The zero-order valence-electron chi connectivity index (χ0n) is 13.1. The highest BCUT2D eigenvalue weighted by atomic mass is 32.2. The molecule has 2 rings (SSSR count). The van der Waals surface area contributed by atoms with Gasteiger partial charge in [-0.3, -0.25) is 24.6 Å². The highest BCUT2D eigenvalue weighted by molar-refractivity contribution is 8.26. The number of thioether (sulfide) groups is 1. The minimum absolute atomic E-state index is 0.0493. The minimum atomic E-state index is -0.934. The number of hydrogen-bond donors (Lipinski definition) is 1. The summed E-state index contributed by atoms with van der Waals surface area (Å²) in [4.78, 5) is 35.0. The van der Waals surface area contributed by atoms with Crippen LogP contribution in [-0.2, 0) is 9.59 Å². The average Bonchev–Trinajstić information content (AvgIpc) is 2.82. The lowest BCUT2D eigenvalue weighted by molar-refractivity contribution is -0.384. The molecule has 10 heteroatoms. The molecule has 1 N–H and O–H groups in total. The maximum absolute atomic E-state index is 12.4. The molecule has 1 amide bonds. The molecular weight excluding hydrogens is 368 g/mol. The van der Waals surface area contributed by atoms with Crippen molar-refractivity contribution in [3.05, 3.63) is 38.8 Å². The predicted octanol–water partition coefficient (Wildman–Crippen LogP) is 2.67. The van der Waals surface area contributed by atoms with Gasteiger partial charge in [-0.05, 0) is 18.6 Å². The van der Waals surface area contributed by atoms with Crippen LogP contribution < -0.4 is 4.74 Å². The summed E-state index contributed by atoms with van der Waals surface area (Å²) in [5.74, 6) is -0.984. The molecule has 0 aromatic heterocycles. The lowest BCUT2D eigenvalue weighted by Crippen LogP contribution is -2.29. The van der Waals surface area contributed by atoms with Crippen molar-refractivity contribution in [2.75, 3.05) is 13.7 Å². The second-order valence-electron chi connectivity index (χ2n) is 5.01. The van der Waals surface area contributed by atoms with E-state index in [-0.39, 0.29) is 30.3 Å². The van der Waals surface area contributed by atoms with Crippen LogP contribution in [0.25, 0.3) is 6.08 Å². The molecule has 1 saturated heterocycles. The van der Waals surface area contributed by atoms with Crippen LogP contribution in [0, 0.1) is 10.1 Å². The van der Waals surface area contributed by atoms with E-state index in [0.717, 1.165) is 11.8 Å². The van der Waals surface area contributed by atoms with Gasteiger partial charge in [-0.1, -0.05) is 24.0 Å². The van der Waals surface area contributed by atoms with Crippen molar-refractivity contribution in [2.45, 2.75) is 12.8 Å². The zero-order chi connectivity index (χ0) is 18.6. The highest BCUT2D eigenvalue weighted by Crippen LogP contribution is 2.35. The van der Waals surface area contributed by atoms with E-state index < -0.39 is 10.9 Å². The Kier molecular flexibility index (Phi) is 6.10. The number of ether oxygens (including phenoxy) is 1. The standard InChI is InChI=1S/C15H14N2O6S2/c1-23-11-8-10(17(21)22)5-4-9(11)7-12-14(20)16(15(24)25-12)6-2-3-13(18)19/h4-5,7-8H,2-3,6H2,1H3,(H,18,19)/b12-7-. The number of methoxy groups -OCH3 is 1. The van der Waals surface area contributed by atoms with Crippen LogP contribution >= 0.6 is 24.0 Å². The van der Waals surface area contributed by atoms with E-state index in [2.05, 4.69) is 0 Å². The molecule has 25 heavy (non-hydrogen) atoms. The Hall–Kier alpha value is -2.46. The topological polar surface area (TPSA) is 110 Å². The summed E-state index contributed by atoms with van der Waals surface area (Å²) >= 11 is 6.26. The molecule has 1 aliphatic rings. The van der Waals surface area contributed by atoms with Crippen LogP contribution in [-0.4, -0.2) is 44.8 Å². The van der Waals surface area contributed by atoms with Gasteiger partial charge in [-0.25, -0.2) is 0 Å². The van der Waals surface area contributed by atoms with Gasteiger partial charge in [0.05, 0.1) is 23.0 Å². The number of hydrogen-bond acceptors (Lipinski definition) is 7. The number of rotatable bonds is 7. The van der Waals surface area contributed by atoms with Crippen molar-refractivity contribution in [2.24, 2.45) is 0 Å². The Morgan fingerprint density at radius 2 is 2.24 bits per heavy atom. The Labute approximate surface area is 152 Å². The first-order chi connectivity index (χ1) is 11.8. The number of non-ortho nitro benzene ring substituents is 1. The maximum Gasteiger partial charge on any atom is 0.303 e. The first-order valence-corrected chi connectivity index (χ1v) is 8.35. The number of carbonyl (C=O) groups excluding carboxylic acids is 1. The summed E-state index contributed by atoms with van der Waals surface area (Å²) in [5.41, 5.74) is 0.398. The number of amides is 1. The Morgan fingerprint density at radius 3 is 2.84 bits per heavy atom. The van der Waals surface area contributed by atoms with E-state index in [4.69, 9.17) is 22.1 Å². The molecule has 0 spiro atoms. The largest absolute Gasteiger partial charge is 0.496 e. The van der Waals surface area contributed by atoms with Gasteiger partial charge in [-0.2, -0.15) is 0 Å². The number of thiocarbonyl (C=S) groups is 1. The number of carbonyl (C=O) groups is 2. The Morgan fingerprint density at radius 1 is 1.52 bits per heavy atom. The molecule has 1 aromatic carbocycles. The van der Waals surface area contributed by atoms with Crippen LogP contribution in [0.2, 0.25) is 0 Å². The van der Waals surface area contributed by atoms with E-state index >= 15 is 0 Å². The first-order valence-electron chi connectivity index (χ1n) is 7.13. The van der Waals surface area contributed by atoms with Gasteiger partial charge in [0.15, 0.2) is 0 Å². The van der Waals surface area contributed by atoms with Crippen molar-refractivity contribution in [3.8, 4) is 5.75 Å². The fourth-order valence-corrected chi connectivity index (χ4v) is 3.45. The summed E-state index contributed by atoms with van der Waals surface area (Å²) in [6.45, 7) is 0.228. The molecule has 1 heterocycles. The van der Waals surface area contributed by atoms with Gasteiger partial charge >= 0.3 is 5.97 Å². The molecule has 8 nitrogen and oxygen atoms in total. The second-order valence-corrected chi connectivity index (χ2v) is 6.69. The van der Waals surface area contributed by atoms with Crippen LogP contribution in [0.4, 0.5) is 5.69 Å². The number of aliphatic carboxylic acids is 1. The van der Waals surface area contributed by atoms with Crippen LogP contribution in [0.1, 0.15) is 18.4 Å². The Balaban J connectivity index is 2.21. The smallest absolute Gasteiger partial charge is 0.303 e. The van der Waals surface area contributed by atoms with Crippen LogP contribution in [0.5, 0.6) is 5.75 Å². The molecule has 0 saturated carbocycles. The van der Waals surface area contributed by atoms with E-state index in [9.17, 15) is 19.7 Å². The molecule has 1 aromatic rings. The molecule has 1 fully saturated rings. The van der Waals surface area contributed by atoms with Crippen molar-refractivity contribution in [3.63, 3.8) is 0 Å². The molecule has 0 aliphatic carbocycles. The summed E-state index contributed by atoms with van der Waals surface area (Å²) in [7, 11) is 1.38. The molecule has 0 radical (unpaired) electrons. The lowest BCUT2D eigenvalue weighted by atomic mass is 10.1. The quantitative estimate of drug-likeness (QED) is 0.332. The van der Waals surface area contributed by atoms with Crippen molar-refractivity contribution < 1.29 is 24.4 Å². The average molecular weight is 382 g/mol. The van der Waals surface area contributed by atoms with Gasteiger partial charge in [0.1, 0.15) is 10.1 Å². The molecule has 1 aliphatic heterocycles. The highest BCUT2D eigenvalue weighted by Gasteiger charge is 2.32. The lowest BCUT2D eigenvalue weighted by Gasteiger charge is -2.13. The van der Waals surface area contributed by atoms with Crippen LogP contribution in [0.3, 0.4) is 0 Å². The first kappa shape index (κ1) is 18.9. The molecular formula is C15H14N2O6S2. The third-order valence-corrected chi connectivity index (χ3v) is 4.74. The summed E-state index contributed by atoms with van der Waals surface area (Å²) in [6.07, 6.45) is 1.81. The van der Waals surface area contributed by atoms with Gasteiger partial charge < -0.3 is 9.84 Å². The molecule has 0 unspecified atom stereocenters. The third-order valence-electron chi connectivity index (χ3n) is 3.36. The van der Waals surface area contributed by atoms with E-state index in [0.29, 0.717) is 21.2 Å². The van der Waals surface area contributed by atoms with E-state index in [1.54, 1.807) is 6.08 Å². The monoisotopic (exact) mass is 382 g/mol. The van der Waals surface area contributed by atoms with Gasteiger partial charge in [0.2, 0.25) is 0 Å². The molecule has 0 atom stereocenters. The van der Waals surface area contributed by atoms with Crippen LogP contribution in [0.15, 0.2) is 23.1 Å². The Bertz CT molecular complexity index is 777. The number of nitro benzene ring substituents is 1. The van der Waals surface area contributed by atoms with Gasteiger partial charge in [0, 0.05) is 24.6 Å². The fraction of sp³-hybridized carbons (Fsp3) is 0.267. The molecule has 132 valence electrons. The number of nitrogens with zero attached hydrogens (tertiary/aromatic N) is 2. The van der Waals surface area contributed by atoms with Crippen molar-refractivity contribution in [1.82, 2.24) is 4.90 Å². The van der Waals surface area contributed by atoms with Crippen molar-refractivity contribution >= 4 is 51.9 Å². The third kappa shape index (κ3) is 4.54. The van der Waals surface area contributed by atoms with Crippen molar-refractivity contribution in [1.29, 1.82) is 0 Å². The van der Waals surface area contributed by atoms with E-state index in [1.807, 2.05) is 0 Å². The predicted molar refractivity (Wildman–Crippen MR) is 96.4 cm³/mol. The number of benzene rings is 1. The van der Waals surface area contributed by atoms with E-state index in [1.165, 1.54) is 30.2 Å². The normalized spacial score (nSPS) is 15.7.